The Morgan fingerprint density at radius 1 is 1.15 bits per heavy atom. The van der Waals surface area contributed by atoms with Crippen LogP contribution in [0.15, 0.2) is 30.3 Å². The second kappa shape index (κ2) is 7.53. The quantitative estimate of drug-likeness (QED) is 0.738. The van der Waals surface area contributed by atoms with Gasteiger partial charge in [-0.1, -0.05) is 51.1 Å². The molecule has 0 radical (unpaired) electrons. The predicted octanol–water partition coefficient (Wildman–Crippen LogP) is 1.60. The van der Waals surface area contributed by atoms with E-state index in [1.54, 1.807) is 0 Å². The fraction of sp³-hybridized carbons (Fsp3) is 0.467. The minimum absolute atomic E-state index is 0.0190. The largest absolute Gasteiger partial charge is 0.354 e. The molecule has 0 fully saturated rings. The smallest absolute Gasteiger partial charge is 0.312 e. The number of carbonyl (C=O) groups excluding carboxylic acids is 2. The molecule has 0 spiro atoms. The zero-order chi connectivity index (χ0) is 15.1. The van der Waals surface area contributed by atoms with Crippen molar-refractivity contribution < 1.29 is 9.59 Å². The first-order valence-electron chi connectivity index (χ1n) is 6.80. The van der Waals surface area contributed by atoms with Crippen LogP contribution in [0.5, 0.6) is 0 Å². The second-order valence-corrected chi connectivity index (χ2v) is 5.29. The summed E-state index contributed by atoms with van der Waals surface area (Å²) in [6.45, 7) is 6.29. The van der Waals surface area contributed by atoms with Crippen LogP contribution in [0.1, 0.15) is 32.3 Å². The second-order valence-electron chi connectivity index (χ2n) is 5.29. The molecular formula is C15H23N3O2. The number of primary amides is 1. The van der Waals surface area contributed by atoms with Gasteiger partial charge in [-0.3, -0.25) is 4.79 Å². The molecule has 2 atom stereocenters. The fourth-order valence-corrected chi connectivity index (χ4v) is 1.95. The molecule has 0 heterocycles. The summed E-state index contributed by atoms with van der Waals surface area (Å²) in [7, 11) is 0. The molecule has 1 rings (SSSR count). The third kappa shape index (κ3) is 4.91. The Morgan fingerprint density at radius 2 is 1.75 bits per heavy atom. The molecule has 1 aromatic carbocycles. The lowest BCUT2D eigenvalue weighted by Gasteiger charge is -2.22. The molecule has 0 unspecified atom stereocenters. The van der Waals surface area contributed by atoms with Crippen LogP contribution in [0.2, 0.25) is 0 Å². The molecule has 4 N–H and O–H groups in total. The van der Waals surface area contributed by atoms with Crippen LogP contribution in [-0.4, -0.2) is 24.5 Å². The van der Waals surface area contributed by atoms with Crippen LogP contribution in [0, 0.1) is 5.92 Å². The molecule has 110 valence electrons. The molecule has 3 amide bonds. The van der Waals surface area contributed by atoms with Crippen LogP contribution in [0.4, 0.5) is 4.79 Å². The maximum absolute atomic E-state index is 12.1. The van der Waals surface area contributed by atoms with Crippen molar-refractivity contribution in [2.24, 2.45) is 11.7 Å². The Kier molecular flexibility index (Phi) is 6.03. The normalized spacial score (nSPS) is 13.6. The van der Waals surface area contributed by atoms with Crippen molar-refractivity contribution in [1.29, 1.82) is 0 Å². The van der Waals surface area contributed by atoms with E-state index in [1.165, 1.54) is 0 Å². The maximum atomic E-state index is 12.1. The molecule has 0 aliphatic heterocycles. The third-order valence-electron chi connectivity index (χ3n) is 3.20. The number of benzene rings is 1. The summed E-state index contributed by atoms with van der Waals surface area (Å²) in [5.74, 6) is -0.0161. The molecule has 0 aliphatic rings. The molecule has 0 saturated carbocycles. The van der Waals surface area contributed by atoms with Gasteiger partial charge in [0.1, 0.15) is 6.04 Å². The first kappa shape index (κ1) is 16.0. The standard InChI is InChI=1S/C15H23N3O2/c1-10(2)13(18-15(16)20)14(19)17-9-11(3)12-7-5-4-6-8-12/h4-8,10-11,13H,9H2,1-3H3,(H,17,19)(H3,16,18,20)/t11-,13-/m0/s1. The fourth-order valence-electron chi connectivity index (χ4n) is 1.95. The number of rotatable bonds is 6. The van der Waals surface area contributed by atoms with Crippen LogP contribution >= 0.6 is 0 Å². The summed E-state index contributed by atoms with van der Waals surface area (Å²) in [4.78, 5) is 23.0. The summed E-state index contributed by atoms with van der Waals surface area (Å²) in [6, 6.07) is 8.67. The number of nitrogens with two attached hydrogens (primary N) is 1. The van der Waals surface area contributed by atoms with E-state index in [-0.39, 0.29) is 17.7 Å². The summed E-state index contributed by atoms with van der Waals surface area (Å²) in [6.07, 6.45) is 0. The van der Waals surface area contributed by atoms with Gasteiger partial charge >= 0.3 is 6.03 Å². The van der Waals surface area contributed by atoms with Crippen LogP contribution in [0.3, 0.4) is 0 Å². The Morgan fingerprint density at radius 3 is 2.25 bits per heavy atom. The van der Waals surface area contributed by atoms with E-state index >= 15 is 0 Å². The van der Waals surface area contributed by atoms with Crippen molar-refractivity contribution in [2.75, 3.05) is 6.54 Å². The Labute approximate surface area is 119 Å². The topological polar surface area (TPSA) is 84.2 Å². The molecule has 5 heteroatoms. The highest BCUT2D eigenvalue weighted by molar-refractivity contribution is 5.86. The number of nitrogens with one attached hydrogen (secondary N) is 2. The molecule has 0 aliphatic carbocycles. The lowest BCUT2D eigenvalue weighted by molar-refractivity contribution is -0.123. The summed E-state index contributed by atoms with van der Waals surface area (Å²) >= 11 is 0. The summed E-state index contributed by atoms with van der Waals surface area (Å²) < 4.78 is 0. The highest BCUT2D eigenvalue weighted by atomic mass is 16.2. The highest BCUT2D eigenvalue weighted by Crippen LogP contribution is 2.13. The zero-order valence-electron chi connectivity index (χ0n) is 12.2. The minimum Gasteiger partial charge on any atom is -0.354 e. The van der Waals surface area contributed by atoms with Crippen molar-refractivity contribution in [3.05, 3.63) is 35.9 Å². The monoisotopic (exact) mass is 277 g/mol. The van der Waals surface area contributed by atoms with E-state index < -0.39 is 12.1 Å². The van der Waals surface area contributed by atoms with Crippen molar-refractivity contribution in [1.82, 2.24) is 10.6 Å². The summed E-state index contributed by atoms with van der Waals surface area (Å²) in [5, 5.41) is 5.33. The maximum Gasteiger partial charge on any atom is 0.312 e. The van der Waals surface area contributed by atoms with Gasteiger partial charge in [-0.05, 0) is 17.4 Å². The van der Waals surface area contributed by atoms with E-state index in [0.29, 0.717) is 6.54 Å². The average Bonchev–Trinajstić information content (AvgIpc) is 2.42. The number of hydrogen-bond acceptors (Lipinski definition) is 2. The molecule has 5 nitrogen and oxygen atoms in total. The van der Waals surface area contributed by atoms with Crippen molar-refractivity contribution in [2.45, 2.75) is 32.7 Å². The molecule has 1 aromatic rings. The van der Waals surface area contributed by atoms with E-state index in [4.69, 9.17) is 5.73 Å². The van der Waals surface area contributed by atoms with E-state index in [9.17, 15) is 9.59 Å². The van der Waals surface area contributed by atoms with Gasteiger partial charge in [-0.25, -0.2) is 4.79 Å². The van der Waals surface area contributed by atoms with Gasteiger partial charge in [0.25, 0.3) is 0 Å². The van der Waals surface area contributed by atoms with Crippen LogP contribution in [-0.2, 0) is 4.79 Å². The molecule has 0 saturated heterocycles. The van der Waals surface area contributed by atoms with Gasteiger partial charge in [-0.2, -0.15) is 0 Å². The van der Waals surface area contributed by atoms with Gasteiger partial charge in [-0.15, -0.1) is 0 Å². The van der Waals surface area contributed by atoms with Gasteiger partial charge < -0.3 is 16.4 Å². The first-order chi connectivity index (χ1) is 9.41. The van der Waals surface area contributed by atoms with Gasteiger partial charge in [0.05, 0.1) is 0 Å². The molecule has 0 aromatic heterocycles. The zero-order valence-corrected chi connectivity index (χ0v) is 12.2. The van der Waals surface area contributed by atoms with E-state index in [1.807, 2.05) is 51.1 Å². The Bertz CT molecular complexity index is 446. The number of carbonyl (C=O) groups is 2. The minimum atomic E-state index is -0.685. The molecule has 0 bridgehead atoms. The lowest BCUT2D eigenvalue weighted by Crippen LogP contribution is -2.51. The highest BCUT2D eigenvalue weighted by Gasteiger charge is 2.23. The first-order valence-corrected chi connectivity index (χ1v) is 6.80. The van der Waals surface area contributed by atoms with Gasteiger partial charge in [0.2, 0.25) is 5.91 Å². The predicted molar refractivity (Wildman–Crippen MR) is 79.2 cm³/mol. The van der Waals surface area contributed by atoms with Crippen molar-refractivity contribution in [3.8, 4) is 0 Å². The van der Waals surface area contributed by atoms with Crippen molar-refractivity contribution in [3.63, 3.8) is 0 Å². The van der Waals surface area contributed by atoms with E-state index in [2.05, 4.69) is 10.6 Å². The SMILES string of the molecule is CC(C)[C@H](NC(N)=O)C(=O)NC[C@H](C)c1ccccc1. The van der Waals surface area contributed by atoms with E-state index in [0.717, 1.165) is 5.56 Å². The third-order valence-corrected chi connectivity index (χ3v) is 3.20. The lowest BCUT2D eigenvalue weighted by atomic mass is 10.00. The molecule has 20 heavy (non-hydrogen) atoms. The number of hydrogen-bond donors (Lipinski definition) is 3. The summed E-state index contributed by atoms with van der Waals surface area (Å²) in [5.41, 5.74) is 6.25. The van der Waals surface area contributed by atoms with Gasteiger partial charge in [0, 0.05) is 6.54 Å². The van der Waals surface area contributed by atoms with Crippen LogP contribution < -0.4 is 16.4 Å². The number of urea groups is 1. The average molecular weight is 277 g/mol. The van der Waals surface area contributed by atoms with Crippen molar-refractivity contribution >= 4 is 11.9 Å². The number of amides is 3. The molecular weight excluding hydrogens is 254 g/mol. The Balaban J connectivity index is 2.55. The van der Waals surface area contributed by atoms with Crippen LogP contribution in [0.25, 0.3) is 0 Å². The van der Waals surface area contributed by atoms with Gasteiger partial charge in [0.15, 0.2) is 0 Å². The Hall–Kier alpha value is -2.04.